The molecule has 0 aliphatic heterocycles. The normalized spacial score (nSPS) is 7.57. The van der Waals surface area contributed by atoms with E-state index in [1.807, 2.05) is 24.3 Å². The molecule has 3 heteroatoms. The molecule has 1 nitrogen and oxygen atoms in total. The van der Waals surface area contributed by atoms with Crippen molar-refractivity contribution >= 4 is 50.8 Å². The van der Waals surface area contributed by atoms with E-state index in [2.05, 4.69) is 24.3 Å². The quantitative estimate of drug-likeness (QED) is 0.572. The summed E-state index contributed by atoms with van der Waals surface area (Å²) in [4.78, 5) is 0. The Morgan fingerprint density at radius 3 is 2.21 bits per heavy atom. The molecule has 0 aliphatic carbocycles. The van der Waals surface area contributed by atoms with Crippen molar-refractivity contribution in [3.05, 3.63) is 48.5 Å². The summed E-state index contributed by atoms with van der Waals surface area (Å²) < 4.78 is 0. The van der Waals surface area contributed by atoms with E-state index >= 15 is 0 Å². The van der Waals surface area contributed by atoms with Crippen LogP contribution in [0.3, 0.4) is 0 Å². The molecule has 0 saturated carbocycles. The molecule has 0 aromatic heterocycles. The topological polar surface area (TPSA) is 20.2 Å². The molecule has 0 saturated heterocycles. The van der Waals surface area contributed by atoms with E-state index in [0.717, 1.165) is 7.11 Å². The largest absolute Gasteiger partial charge is 2.00 e. The van der Waals surface area contributed by atoms with E-state index in [0.29, 0.717) is 0 Å². The summed E-state index contributed by atoms with van der Waals surface area (Å²) in [7, 11) is 1.00. The van der Waals surface area contributed by atoms with Crippen LogP contribution in [0.1, 0.15) is 0 Å². The summed E-state index contributed by atoms with van der Waals surface area (Å²) in [5.74, 6) is 0. The van der Waals surface area contributed by atoms with Crippen molar-refractivity contribution in [2.24, 2.45) is 0 Å². The Morgan fingerprint density at radius 1 is 1.00 bits per heavy atom. The van der Waals surface area contributed by atoms with Gasteiger partial charge in [-0.05, 0) is 0 Å². The van der Waals surface area contributed by atoms with Gasteiger partial charge in [-0.25, -0.2) is 0 Å². The molecule has 0 amide bonds. The third-order valence-corrected chi connectivity index (χ3v) is 1.57. The minimum atomic E-state index is 0. The first-order chi connectivity index (χ1) is 5.97. The van der Waals surface area contributed by atoms with Crippen LogP contribution in [0.15, 0.2) is 42.5 Å². The van der Waals surface area contributed by atoms with Crippen molar-refractivity contribution in [3.8, 4) is 0 Å². The van der Waals surface area contributed by atoms with Crippen LogP contribution in [-0.2, 0) is 0 Å². The van der Waals surface area contributed by atoms with Gasteiger partial charge in [0.05, 0.1) is 0 Å². The van der Waals surface area contributed by atoms with Gasteiger partial charge >= 0.3 is 23.1 Å². The van der Waals surface area contributed by atoms with Crippen LogP contribution < -0.4 is 0 Å². The zero-order valence-corrected chi connectivity index (χ0v) is 11.2. The summed E-state index contributed by atoms with van der Waals surface area (Å²) in [6, 6.07) is 17.4. The molecule has 70 valence electrons. The molecule has 0 aliphatic rings. The van der Waals surface area contributed by atoms with Crippen LogP contribution >= 0.6 is 17.0 Å². The second kappa shape index (κ2) is 9.46. The number of halogens is 1. The van der Waals surface area contributed by atoms with E-state index in [1.165, 1.54) is 10.8 Å². The fourth-order valence-electron chi connectivity index (χ4n) is 1.06. The van der Waals surface area contributed by atoms with E-state index in [1.54, 1.807) is 0 Å². The molecular formula is C11H12BrMgO+. The third-order valence-electron chi connectivity index (χ3n) is 1.57. The van der Waals surface area contributed by atoms with Crippen molar-refractivity contribution in [3.63, 3.8) is 0 Å². The monoisotopic (exact) mass is 263 g/mol. The van der Waals surface area contributed by atoms with Gasteiger partial charge in [-0.1, -0.05) is 12.1 Å². The van der Waals surface area contributed by atoms with Crippen molar-refractivity contribution in [2.45, 2.75) is 0 Å². The van der Waals surface area contributed by atoms with Crippen molar-refractivity contribution < 1.29 is 5.11 Å². The molecule has 0 unspecified atom stereocenters. The molecule has 0 atom stereocenters. The zero-order chi connectivity index (χ0) is 8.81. The summed E-state index contributed by atoms with van der Waals surface area (Å²) >= 11 is 0. The predicted molar refractivity (Wildman–Crippen MR) is 67.0 cm³/mol. The van der Waals surface area contributed by atoms with Crippen LogP contribution in [0.5, 0.6) is 0 Å². The predicted octanol–water partition coefficient (Wildman–Crippen LogP) is 2.45. The Kier molecular flexibility index (Phi) is 11.0. The average molecular weight is 264 g/mol. The van der Waals surface area contributed by atoms with Gasteiger partial charge < -0.3 is 5.11 Å². The van der Waals surface area contributed by atoms with Gasteiger partial charge in [-0.15, -0.1) is 64.2 Å². The van der Waals surface area contributed by atoms with Gasteiger partial charge in [0.1, 0.15) is 0 Å². The summed E-state index contributed by atoms with van der Waals surface area (Å²) in [5, 5.41) is 9.44. The van der Waals surface area contributed by atoms with Gasteiger partial charge in [-0.3, -0.25) is 0 Å². The molecule has 2 aromatic carbocycles. The third kappa shape index (κ3) is 4.42. The second-order valence-corrected chi connectivity index (χ2v) is 2.26. The number of aliphatic hydroxyl groups is 1. The second-order valence-electron chi connectivity index (χ2n) is 2.26. The number of hydrogen-bond donors (Lipinski definition) is 1. The zero-order valence-electron chi connectivity index (χ0n) is 8.10. The molecule has 0 heterocycles. The van der Waals surface area contributed by atoms with E-state index in [9.17, 15) is 0 Å². The maximum Gasteiger partial charge on any atom is 2.00 e. The minimum Gasteiger partial charge on any atom is -0.400 e. The number of aliphatic hydroxyl groups excluding tert-OH is 1. The van der Waals surface area contributed by atoms with Crippen LogP contribution in [0.4, 0.5) is 0 Å². The Balaban J connectivity index is 0. The van der Waals surface area contributed by atoms with Gasteiger partial charge in [-0.2, -0.15) is 0 Å². The fraction of sp³-hybridized carbons (Fsp3) is 0.0909. The van der Waals surface area contributed by atoms with E-state index < -0.39 is 0 Å². The van der Waals surface area contributed by atoms with Crippen molar-refractivity contribution in [2.75, 3.05) is 7.11 Å². The first-order valence-corrected chi connectivity index (χ1v) is 3.77. The van der Waals surface area contributed by atoms with Crippen LogP contribution in [-0.4, -0.2) is 35.3 Å². The van der Waals surface area contributed by atoms with Crippen molar-refractivity contribution in [1.29, 1.82) is 0 Å². The van der Waals surface area contributed by atoms with Gasteiger partial charge in [0.25, 0.3) is 0 Å². The Labute approximate surface area is 111 Å². The number of rotatable bonds is 0. The first kappa shape index (κ1) is 16.3. The maximum absolute atomic E-state index is 7.00. The Bertz CT molecular complexity index is 286. The number of benzene rings is 2. The summed E-state index contributed by atoms with van der Waals surface area (Å²) in [6.45, 7) is 0. The summed E-state index contributed by atoms with van der Waals surface area (Å²) in [5.41, 5.74) is 0. The molecule has 1 N–H and O–H groups in total. The van der Waals surface area contributed by atoms with Crippen molar-refractivity contribution in [1.82, 2.24) is 0 Å². The van der Waals surface area contributed by atoms with Gasteiger partial charge in [0.2, 0.25) is 0 Å². The van der Waals surface area contributed by atoms with Crippen LogP contribution in [0, 0.1) is 6.07 Å². The SMILES string of the molecule is Br.CO.[Mg+2].[c-]1cccc2ccccc12. The van der Waals surface area contributed by atoms with E-state index in [-0.39, 0.29) is 40.0 Å². The Hall–Kier alpha value is -0.0938. The minimum absolute atomic E-state index is 0. The first-order valence-electron chi connectivity index (χ1n) is 3.77. The molecule has 2 rings (SSSR count). The number of hydrogen-bond acceptors (Lipinski definition) is 1. The summed E-state index contributed by atoms with van der Waals surface area (Å²) in [6.07, 6.45) is 0. The average Bonchev–Trinajstić information content (AvgIpc) is 2.21. The molecule has 2 aromatic rings. The number of fused-ring (bicyclic) bond motifs is 1. The molecule has 0 bridgehead atoms. The maximum atomic E-state index is 7.00. The molecule has 14 heavy (non-hydrogen) atoms. The smallest absolute Gasteiger partial charge is 0.400 e. The molecule has 0 radical (unpaired) electrons. The molecular weight excluding hydrogens is 252 g/mol. The fourth-order valence-corrected chi connectivity index (χ4v) is 1.06. The standard InChI is InChI=1S/C10H7.CH4O.BrH.Mg/c1-2-6-10-8-4-3-7-9(10)5-1;1-2;;/h1-7H;2H,1H3;1H;/q-1;;;+2. The van der Waals surface area contributed by atoms with Crippen LogP contribution in [0.2, 0.25) is 0 Å². The Morgan fingerprint density at radius 2 is 1.57 bits per heavy atom. The molecule has 0 spiro atoms. The van der Waals surface area contributed by atoms with Gasteiger partial charge in [0.15, 0.2) is 0 Å². The molecule has 0 fully saturated rings. The van der Waals surface area contributed by atoms with Gasteiger partial charge in [0, 0.05) is 7.11 Å². The van der Waals surface area contributed by atoms with E-state index in [4.69, 9.17) is 5.11 Å². The van der Waals surface area contributed by atoms with Crippen LogP contribution in [0.25, 0.3) is 10.8 Å².